The fraction of sp³-hybridized carbons (Fsp3) is 0.357. The van der Waals surface area contributed by atoms with Gasteiger partial charge in [-0.15, -0.1) is 0 Å². The number of hydrogen-bond acceptors (Lipinski definition) is 5. The van der Waals surface area contributed by atoms with E-state index >= 15 is 0 Å². The molecule has 108 valence electrons. The van der Waals surface area contributed by atoms with Crippen molar-refractivity contribution in [2.24, 2.45) is 0 Å². The average Bonchev–Trinajstić information content (AvgIpc) is 2.99. The number of ether oxygens (including phenoxy) is 3. The Hall–Kier alpha value is -2.21. The van der Waals surface area contributed by atoms with Gasteiger partial charge in [0.2, 0.25) is 5.75 Å². The molecule has 2 N–H and O–H groups in total. The minimum Gasteiger partial charge on any atom is -0.493 e. The van der Waals surface area contributed by atoms with E-state index in [0.29, 0.717) is 30.3 Å². The molecule has 6 heteroatoms. The van der Waals surface area contributed by atoms with Crippen LogP contribution in [0.2, 0.25) is 0 Å². The number of nitrogens with zero attached hydrogens (tertiary/aromatic N) is 1. The van der Waals surface area contributed by atoms with Gasteiger partial charge >= 0.3 is 0 Å². The minimum atomic E-state index is 0.607. The highest BCUT2D eigenvalue weighted by Crippen LogP contribution is 2.39. The summed E-state index contributed by atoms with van der Waals surface area (Å²) in [5.41, 5.74) is 2.04. The van der Waals surface area contributed by atoms with Gasteiger partial charge in [-0.3, -0.25) is 0 Å². The molecular formula is C14H19N3O3. The number of methoxy groups -OCH3 is 3. The van der Waals surface area contributed by atoms with Crippen LogP contribution in [-0.2, 0) is 13.1 Å². The molecule has 1 aromatic heterocycles. The lowest BCUT2D eigenvalue weighted by atomic mass is 10.1. The summed E-state index contributed by atoms with van der Waals surface area (Å²) in [5.74, 6) is 1.95. The quantitative estimate of drug-likeness (QED) is 0.806. The van der Waals surface area contributed by atoms with Crippen molar-refractivity contribution in [2.45, 2.75) is 13.1 Å². The fourth-order valence-electron chi connectivity index (χ4n) is 2.02. The fourth-order valence-corrected chi connectivity index (χ4v) is 2.02. The molecule has 0 radical (unpaired) electrons. The van der Waals surface area contributed by atoms with Gasteiger partial charge in [0.15, 0.2) is 11.5 Å². The summed E-state index contributed by atoms with van der Waals surface area (Å²) in [6.45, 7) is 1.36. The normalized spacial score (nSPS) is 10.3. The predicted octanol–water partition coefficient (Wildman–Crippen LogP) is 1.73. The molecule has 6 nitrogen and oxygen atoms in total. The van der Waals surface area contributed by atoms with Crippen molar-refractivity contribution in [2.75, 3.05) is 21.3 Å². The third kappa shape index (κ3) is 3.03. The molecule has 0 saturated heterocycles. The molecule has 2 rings (SSSR count). The van der Waals surface area contributed by atoms with E-state index in [4.69, 9.17) is 14.2 Å². The van der Waals surface area contributed by atoms with Crippen LogP contribution in [0.25, 0.3) is 0 Å². The molecule has 0 bridgehead atoms. The Morgan fingerprint density at radius 3 is 2.45 bits per heavy atom. The van der Waals surface area contributed by atoms with Gasteiger partial charge in [-0.1, -0.05) is 6.07 Å². The summed E-state index contributed by atoms with van der Waals surface area (Å²) in [6, 6.07) is 3.83. The Morgan fingerprint density at radius 2 is 1.85 bits per heavy atom. The Morgan fingerprint density at radius 1 is 1.05 bits per heavy atom. The van der Waals surface area contributed by atoms with Crippen LogP contribution >= 0.6 is 0 Å². The molecule has 0 amide bonds. The van der Waals surface area contributed by atoms with Crippen molar-refractivity contribution < 1.29 is 14.2 Å². The summed E-state index contributed by atoms with van der Waals surface area (Å²) < 4.78 is 16.0. The van der Waals surface area contributed by atoms with Gasteiger partial charge < -0.3 is 24.5 Å². The van der Waals surface area contributed by atoms with Gasteiger partial charge in [0.05, 0.1) is 27.7 Å². The van der Waals surface area contributed by atoms with Crippen molar-refractivity contribution in [1.29, 1.82) is 0 Å². The lowest BCUT2D eigenvalue weighted by Crippen LogP contribution is -2.14. The first kappa shape index (κ1) is 14.2. The SMILES string of the molecule is COc1ccc(CNCc2cnc[nH]2)c(OC)c1OC. The summed E-state index contributed by atoms with van der Waals surface area (Å²) in [5, 5.41) is 3.32. The maximum atomic E-state index is 5.43. The molecule has 0 fully saturated rings. The molecule has 0 aliphatic carbocycles. The standard InChI is InChI=1S/C14H19N3O3/c1-18-12-5-4-10(13(19-2)14(12)20-3)6-15-7-11-8-16-9-17-11/h4-5,8-9,15H,6-7H2,1-3H3,(H,16,17). The zero-order valence-corrected chi connectivity index (χ0v) is 11.9. The van der Waals surface area contributed by atoms with Crippen LogP contribution in [0, 0.1) is 0 Å². The Balaban J connectivity index is 2.10. The third-order valence-corrected chi connectivity index (χ3v) is 2.97. The van der Waals surface area contributed by atoms with Gasteiger partial charge in [0.1, 0.15) is 0 Å². The van der Waals surface area contributed by atoms with E-state index < -0.39 is 0 Å². The Bertz CT molecular complexity index is 541. The monoisotopic (exact) mass is 277 g/mol. The number of aromatic amines is 1. The minimum absolute atomic E-state index is 0.607. The van der Waals surface area contributed by atoms with Crippen molar-refractivity contribution in [3.63, 3.8) is 0 Å². The summed E-state index contributed by atoms with van der Waals surface area (Å²) in [4.78, 5) is 7.02. The molecule has 1 aromatic carbocycles. The van der Waals surface area contributed by atoms with E-state index in [1.54, 1.807) is 33.9 Å². The highest BCUT2D eigenvalue weighted by molar-refractivity contribution is 5.55. The molecule has 0 atom stereocenters. The predicted molar refractivity (Wildman–Crippen MR) is 75.2 cm³/mol. The third-order valence-electron chi connectivity index (χ3n) is 2.97. The van der Waals surface area contributed by atoms with E-state index in [1.807, 2.05) is 12.1 Å². The Kier molecular flexibility index (Phi) is 4.84. The van der Waals surface area contributed by atoms with Crippen LogP contribution in [0.3, 0.4) is 0 Å². The summed E-state index contributed by atoms with van der Waals surface area (Å²) in [6.07, 6.45) is 3.45. The first-order chi connectivity index (χ1) is 9.80. The van der Waals surface area contributed by atoms with E-state index in [-0.39, 0.29) is 0 Å². The lowest BCUT2D eigenvalue weighted by Gasteiger charge is -2.16. The van der Waals surface area contributed by atoms with E-state index in [1.165, 1.54) is 0 Å². The van der Waals surface area contributed by atoms with E-state index in [9.17, 15) is 0 Å². The lowest BCUT2D eigenvalue weighted by molar-refractivity contribution is 0.321. The first-order valence-electron chi connectivity index (χ1n) is 6.26. The van der Waals surface area contributed by atoms with Crippen molar-refractivity contribution in [1.82, 2.24) is 15.3 Å². The molecule has 0 saturated carbocycles. The highest BCUT2D eigenvalue weighted by Gasteiger charge is 2.15. The second kappa shape index (κ2) is 6.81. The van der Waals surface area contributed by atoms with Gasteiger partial charge in [-0.05, 0) is 6.07 Å². The highest BCUT2D eigenvalue weighted by atomic mass is 16.5. The first-order valence-corrected chi connectivity index (χ1v) is 6.26. The zero-order chi connectivity index (χ0) is 14.4. The van der Waals surface area contributed by atoms with Crippen molar-refractivity contribution in [3.05, 3.63) is 35.9 Å². The molecule has 20 heavy (non-hydrogen) atoms. The summed E-state index contributed by atoms with van der Waals surface area (Å²) >= 11 is 0. The smallest absolute Gasteiger partial charge is 0.203 e. The maximum Gasteiger partial charge on any atom is 0.203 e. The molecule has 0 aliphatic heterocycles. The van der Waals surface area contributed by atoms with Crippen LogP contribution in [0.1, 0.15) is 11.3 Å². The van der Waals surface area contributed by atoms with Crippen LogP contribution in [0.5, 0.6) is 17.2 Å². The van der Waals surface area contributed by atoms with Crippen LogP contribution < -0.4 is 19.5 Å². The van der Waals surface area contributed by atoms with Gasteiger partial charge in [-0.25, -0.2) is 4.98 Å². The Labute approximate surface area is 118 Å². The molecule has 0 unspecified atom stereocenters. The average molecular weight is 277 g/mol. The maximum absolute atomic E-state index is 5.43. The molecule has 2 aromatic rings. The summed E-state index contributed by atoms with van der Waals surface area (Å²) in [7, 11) is 4.82. The topological polar surface area (TPSA) is 68.4 Å². The second-order valence-electron chi connectivity index (χ2n) is 4.17. The van der Waals surface area contributed by atoms with Crippen LogP contribution in [-0.4, -0.2) is 31.3 Å². The zero-order valence-electron chi connectivity index (χ0n) is 11.9. The van der Waals surface area contributed by atoms with E-state index in [2.05, 4.69) is 15.3 Å². The number of imidazole rings is 1. The van der Waals surface area contributed by atoms with E-state index in [0.717, 1.165) is 11.3 Å². The molecule has 1 heterocycles. The number of aromatic nitrogens is 2. The van der Waals surface area contributed by atoms with Gasteiger partial charge in [0.25, 0.3) is 0 Å². The number of H-pyrrole nitrogens is 1. The van der Waals surface area contributed by atoms with Crippen LogP contribution in [0.4, 0.5) is 0 Å². The number of hydrogen-bond donors (Lipinski definition) is 2. The molecular weight excluding hydrogens is 258 g/mol. The van der Waals surface area contributed by atoms with Crippen molar-refractivity contribution >= 4 is 0 Å². The largest absolute Gasteiger partial charge is 0.493 e. The van der Waals surface area contributed by atoms with Gasteiger partial charge in [-0.2, -0.15) is 0 Å². The van der Waals surface area contributed by atoms with Crippen LogP contribution in [0.15, 0.2) is 24.7 Å². The second-order valence-corrected chi connectivity index (χ2v) is 4.17. The van der Waals surface area contributed by atoms with Crippen molar-refractivity contribution in [3.8, 4) is 17.2 Å². The van der Waals surface area contributed by atoms with Gasteiger partial charge in [0, 0.05) is 30.5 Å². The molecule has 0 spiro atoms. The molecule has 0 aliphatic rings. The number of nitrogens with one attached hydrogen (secondary N) is 2. The number of benzene rings is 1. The number of rotatable bonds is 7.